The van der Waals surface area contributed by atoms with Crippen LogP contribution in [0.4, 0.5) is 9.18 Å². The molecule has 1 aromatic heterocycles. The number of hydrogen-bond donors (Lipinski definition) is 1. The molecule has 0 atom stereocenters. The molecular weight excluding hydrogens is 323 g/mol. The molecule has 2 aromatic rings. The van der Waals surface area contributed by atoms with Crippen LogP contribution in [0.15, 0.2) is 29.4 Å². The number of nitrogens with zero attached hydrogens (tertiary/aromatic N) is 3. The number of benzene rings is 1. The Bertz CT molecular complexity index is 720. The zero-order chi connectivity index (χ0) is 16.8. The van der Waals surface area contributed by atoms with E-state index in [1.807, 2.05) is 0 Å². The molecule has 9 heteroatoms. The second-order valence-corrected chi connectivity index (χ2v) is 5.34. The fourth-order valence-corrected chi connectivity index (χ4v) is 2.48. The van der Waals surface area contributed by atoms with E-state index in [-0.39, 0.29) is 12.4 Å². The van der Waals surface area contributed by atoms with Crippen LogP contribution >= 0.6 is 11.8 Å². The van der Waals surface area contributed by atoms with Crippen molar-refractivity contribution in [2.24, 2.45) is 7.05 Å². The highest BCUT2D eigenvalue weighted by atomic mass is 32.2. The first kappa shape index (κ1) is 16.9. The van der Waals surface area contributed by atoms with Crippen LogP contribution in [0, 0.1) is 5.82 Å². The number of imide groups is 1. The van der Waals surface area contributed by atoms with Crippen LogP contribution in [0.1, 0.15) is 6.92 Å². The first-order valence-electron chi connectivity index (χ1n) is 6.76. The van der Waals surface area contributed by atoms with Crippen molar-refractivity contribution in [2.75, 3.05) is 12.4 Å². The predicted octanol–water partition coefficient (Wildman–Crippen LogP) is 1.99. The van der Waals surface area contributed by atoms with Crippen LogP contribution in [0.25, 0.3) is 11.4 Å². The summed E-state index contributed by atoms with van der Waals surface area (Å²) < 4.78 is 20.0. The third-order valence-electron chi connectivity index (χ3n) is 2.80. The Labute approximate surface area is 136 Å². The molecule has 0 unspecified atom stereocenters. The maximum Gasteiger partial charge on any atom is 0.413 e. The van der Waals surface area contributed by atoms with Crippen molar-refractivity contribution in [3.8, 4) is 11.4 Å². The first-order valence-corrected chi connectivity index (χ1v) is 7.75. The summed E-state index contributed by atoms with van der Waals surface area (Å²) in [5.41, 5.74) is 0.324. The Kier molecular flexibility index (Phi) is 5.69. The van der Waals surface area contributed by atoms with Crippen molar-refractivity contribution in [3.05, 3.63) is 30.1 Å². The van der Waals surface area contributed by atoms with Gasteiger partial charge in [-0.25, -0.2) is 9.18 Å². The molecule has 23 heavy (non-hydrogen) atoms. The maximum absolute atomic E-state index is 13.8. The minimum absolute atomic E-state index is 0.0396. The average Bonchev–Trinajstić information content (AvgIpc) is 2.87. The van der Waals surface area contributed by atoms with Crippen molar-refractivity contribution in [1.29, 1.82) is 0 Å². The lowest BCUT2D eigenvalue weighted by Crippen LogP contribution is -2.32. The topological polar surface area (TPSA) is 86.1 Å². The van der Waals surface area contributed by atoms with Gasteiger partial charge in [0.25, 0.3) is 0 Å². The fraction of sp³-hybridized carbons (Fsp3) is 0.286. The normalized spacial score (nSPS) is 10.4. The molecule has 0 radical (unpaired) electrons. The van der Waals surface area contributed by atoms with Gasteiger partial charge in [0.05, 0.1) is 17.9 Å². The van der Waals surface area contributed by atoms with Gasteiger partial charge >= 0.3 is 6.09 Å². The summed E-state index contributed by atoms with van der Waals surface area (Å²) in [4.78, 5) is 22.7. The molecule has 1 aromatic carbocycles. The Morgan fingerprint density at radius 3 is 2.78 bits per heavy atom. The standard InChI is InChI=1S/C14H15FN4O3S/c1-3-22-14(21)16-11(20)8-23-13-18-17-12(19(13)2)9-6-4-5-7-10(9)15/h4-7H,3,8H2,1-2H3,(H,16,20,21). The van der Waals surface area contributed by atoms with Crippen LogP contribution < -0.4 is 5.32 Å². The Balaban J connectivity index is 2.02. The number of thioether (sulfide) groups is 1. The Morgan fingerprint density at radius 2 is 2.09 bits per heavy atom. The monoisotopic (exact) mass is 338 g/mol. The fourth-order valence-electron chi connectivity index (χ4n) is 1.76. The Morgan fingerprint density at radius 1 is 1.35 bits per heavy atom. The lowest BCUT2D eigenvalue weighted by molar-refractivity contribution is -0.117. The van der Waals surface area contributed by atoms with Crippen LogP contribution in [0.5, 0.6) is 0 Å². The van der Waals surface area contributed by atoms with E-state index in [0.29, 0.717) is 16.5 Å². The van der Waals surface area contributed by atoms with Crippen LogP contribution in [-0.2, 0) is 16.6 Å². The molecule has 0 bridgehead atoms. The molecule has 0 aliphatic rings. The highest BCUT2D eigenvalue weighted by Gasteiger charge is 2.16. The number of rotatable bonds is 5. The minimum Gasteiger partial charge on any atom is -0.450 e. The summed E-state index contributed by atoms with van der Waals surface area (Å²) in [7, 11) is 1.67. The number of aromatic nitrogens is 3. The molecule has 0 spiro atoms. The van der Waals surface area contributed by atoms with Gasteiger partial charge in [0, 0.05) is 7.05 Å². The van der Waals surface area contributed by atoms with Gasteiger partial charge in [0.2, 0.25) is 5.91 Å². The highest BCUT2D eigenvalue weighted by molar-refractivity contribution is 7.99. The molecule has 0 saturated heterocycles. The molecule has 7 nitrogen and oxygen atoms in total. The third kappa shape index (κ3) is 4.28. The maximum atomic E-state index is 13.8. The highest BCUT2D eigenvalue weighted by Crippen LogP contribution is 2.24. The number of hydrogen-bond acceptors (Lipinski definition) is 6. The van der Waals surface area contributed by atoms with Gasteiger partial charge in [0.15, 0.2) is 11.0 Å². The van der Waals surface area contributed by atoms with Crippen molar-refractivity contribution < 1.29 is 18.7 Å². The van der Waals surface area contributed by atoms with Crippen LogP contribution in [-0.4, -0.2) is 39.1 Å². The van der Waals surface area contributed by atoms with Gasteiger partial charge in [-0.1, -0.05) is 23.9 Å². The van der Waals surface area contributed by atoms with E-state index in [1.54, 1.807) is 36.7 Å². The number of carbonyl (C=O) groups is 2. The SMILES string of the molecule is CCOC(=O)NC(=O)CSc1nnc(-c2ccccc2F)n1C. The number of nitrogens with one attached hydrogen (secondary N) is 1. The van der Waals surface area contributed by atoms with E-state index in [9.17, 15) is 14.0 Å². The van der Waals surface area contributed by atoms with E-state index >= 15 is 0 Å². The number of halogens is 1. The molecular formula is C14H15FN4O3S. The van der Waals surface area contributed by atoms with Gasteiger partial charge in [-0.2, -0.15) is 0 Å². The lowest BCUT2D eigenvalue weighted by atomic mass is 10.2. The molecule has 0 aliphatic carbocycles. The predicted molar refractivity (Wildman–Crippen MR) is 82.3 cm³/mol. The lowest BCUT2D eigenvalue weighted by Gasteiger charge is -2.05. The largest absolute Gasteiger partial charge is 0.450 e. The van der Waals surface area contributed by atoms with Gasteiger partial charge < -0.3 is 9.30 Å². The van der Waals surface area contributed by atoms with E-state index in [2.05, 4.69) is 20.3 Å². The smallest absolute Gasteiger partial charge is 0.413 e. The summed E-state index contributed by atoms with van der Waals surface area (Å²) in [6.45, 7) is 1.82. The summed E-state index contributed by atoms with van der Waals surface area (Å²) in [6, 6.07) is 6.22. The first-order chi connectivity index (χ1) is 11.0. The van der Waals surface area contributed by atoms with Crippen molar-refractivity contribution >= 4 is 23.8 Å². The number of alkyl carbamates (subject to hydrolysis) is 1. The van der Waals surface area contributed by atoms with Gasteiger partial charge in [-0.05, 0) is 19.1 Å². The summed E-state index contributed by atoms with van der Waals surface area (Å²) in [5, 5.41) is 10.4. The van der Waals surface area contributed by atoms with E-state index in [4.69, 9.17) is 0 Å². The van der Waals surface area contributed by atoms with E-state index in [1.165, 1.54) is 6.07 Å². The van der Waals surface area contributed by atoms with Gasteiger partial charge in [-0.15, -0.1) is 10.2 Å². The Hall–Kier alpha value is -2.42. The van der Waals surface area contributed by atoms with Gasteiger partial charge in [-0.3, -0.25) is 10.1 Å². The number of carbonyl (C=O) groups excluding carboxylic acids is 2. The number of amides is 2. The van der Waals surface area contributed by atoms with Crippen molar-refractivity contribution in [1.82, 2.24) is 20.1 Å². The zero-order valence-corrected chi connectivity index (χ0v) is 13.4. The quantitative estimate of drug-likeness (QED) is 0.839. The van der Waals surface area contributed by atoms with Crippen molar-refractivity contribution in [3.63, 3.8) is 0 Å². The van der Waals surface area contributed by atoms with E-state index < -0.39 is 17.8 Å². The second-order valence-electron chi connectivity index (χ2n) is 4.40. The molecule has 2 amide bonds. The van der Waals surface area contributed by atoms with Crippen molar-refractivity contribution in [2.45, 2.75) is 12.1 Å². The molecule has 1 heterocycles. The summed E-state index contributed by atoms with van der Waals surface area (Å²) in [6.07, 6.45) is -0.789. The zero-order valence-electron chi connectivity index (χ0n) is 12.6. The van der Waals surface area contributed by atoms with Crippen LogP contribution in [0.2, 0.25) is 0 Å². The summed E-state index contributed by atoms with van der Waals surface area (Å²) in [5.74, 6) is -0.595. The molecule has 2 rings (SSSR count). The van der Waals surface area contributed by atoms with Gasteiger partial charge in [0.1, 0.15) is 5.82 Å². The molecule has 1 N–H and O–H groups in total. The third-order valence-corrected chi connectivity index (χ3v) is 3.82. The number of ether oxygens (including phenoxy) is 1. The average molecular weight is 338 g/mol. The summed E-state index contributed by atoms with van der Waals surface area (Å²) >= 11 is 1.08. The molecule has 0 saturated carbocycles. The van der Waals surface area contributed by atoms with E-state index in [0.717, 1.165) is 11.8 Å². The van der Waals surface area contributed by atoms with Crippen LogP contribution in [0.3, 0.4) is 0 Å². The minimum atomic E-state index is -0.789. The molecule has 0 fully saturated rings. The second kappa shape index (κ2) is 7.73. The molecule has 0 aliphatic heterocycles. The molecule has 122 valence electrons.